The summed E-state index contributed by atoms with van der Waals surface area (Å²) in [5.74, 6) is 0.553. The molecule has 0 heterocycles. The van der Waals surface area contributed by atoms with E-state index in [0.717, 1.165) is 44.9 Å². The Labute approximate surface area is 121 Å². The normalized spacial score (nSPS) is 52.0. The standard InChI is InChI=1S/C17H28O3/c1-16-9-4-10-17(2,15(19)20)13(16)8-7-11-5-3-6-12(18)14(11)16/h11-14,18H,3-10H2,1-2H3,(H,19,20)/t11-,12?,13?,14-,16+,17+/m1/s1. The molecular weight excluding hydrogens is 252 g/mol. The molecule has 0 amide bonds. The van der Waals surface area contributed by atoms with Crippen molar-refractivity contribution < 1.29 is 15.0 Å². The lowest BCUT2D eigenvalue weighted by Crippen LogP contribution is -2.58. The van der Waals surface area contributed by atoms with E-state index in [1.54, 1.807) is 0 Å². The molecule has 2 N–H and O–H groups in total. The van der Waals surface area contributed by atoms with Gasteiger partial charge in [-0.15, -0.1) is 0 Å². The predicted octanol–water partition coefficient (Wildman–Crippen LogP) is 3.45. The fourth-order valence-electron chi connectivity index (χ4n) is 6.16. The molecule has 0 aromatic rings. The number of aliphatic hydroxyl groups is 1. The molecule has 3 heteroatoms. The van der Waals surface area contributed by atoms with Crippen molar-refractivity contribution in [1.29, 1.82) is 0 Å². The molecule has 0 radical (unpaired) electrons. The second kappa shape index (κ2) is 4.72. The van der Waals surface area contributed by atoms with Gasteiger partial charge < -0.3 is 10.2 Å². The van der Waals surface area contributed by atoms with Gasteiger partial charge in [0, 0.05) is 0 Å². The van der Waals surface area contributed by atoms with E-state index in [9.17, 15) is 15.0 Å². The fraction of sp³-hybridized carbons (Fsp3) is 0.941. The Morgan fingerprint density at radius 2 is 1.80 bits per heavy atom. The van der Waals surface area contributed by atoms with E-state index in [4.69, 9.17) is 0 Å². The minimum absolute atomic E-state index is 0.0220. The van der Waals surface area contributed by atoms with Gasteiger partial charge in [-0.3, -0.25) is 4.79 Å². The van der Waals surface area contributed by atoms with Crippen LogP contribution in [0.2, 0.25) is 0 Å². The van der Waals surface area contributed by atoms with Crippen LogP contribution in [-0.2, 0) is 4.79 Å². The number of rotatable bonds is 1. The lowest BCUT2D eigenvalue weighted by Gasteiger charge is -2.61. The number of carboxylic acids is 1. The summed E-state index contributed by atoms with van der Waals surface area (Å²) in [6, 6.07) is 0. The number of aliphatic carboxylic acids is 1. The van der Waals surface area contributed by atoms with Gasteiger partial charge in [0.1, 0.15) is 0 Å². The second-order valence-corrected chi connectivity index (χ2v) is 8.00. The summed E-state index contributed by atoms with van der Waals surface area (Å²) in [7, 11) is 0. The molecule has 0 saturated heterocycles. The Balaban J connectivity index is 1.98. The number of hydrogen-bond acceptors (Lipinski definition) is 2. The van der Waals surface area contributed by atoms with Crippen molar-refractivity contribution in [1.82, 2.24) is 0 Å². The highest BCUT2D eigenvalue weighted by Crippen LogP contribution is 2.63. The molecule has 114 valence electrons. The molecule has 20 heavy (non-hydrogen) atoms. The first-order valence-corrected chi connectivity index (χ1v) is 8.31. The maximum atomic E-state index is 11.9. The number of carboxylic acid groups (broad SMARTS) is 1. The molecule has 0 aromatic heterocycles. The summed E-state index contributed by atoms with van der Waals surface area (Å²) < 4.78 is 0. The van der Waals surface area contributed by atoms with Crippen molar-refractivity contribution in [3.05, 3.63) is 0 Å². The average molecular weight is 280 g/mol. The van der Waals surface area contributed by atoms with E-state index in [2.05, 4.69) is 6.92 Å². The number of hydrogen-bond donors (Lipinski definition) is 2. The van der Waals surface area contributed by atoms with Crippen molar-refractivity contribution in [3.8, 4) is 0 Å². The molecule has 0 spiro atoms. The highest BCUT2D eigenvalue weighted by molar-refractivity contribution is 5.75. The van der Waals surface area contributed by atoms with E-state index in [-0.39, 0.29) is 17.4 Å². The molecule has 6 atom stereocenters. The Hall–Kier alpha value is -0.570. The Morgan fingerprint density at radius 1 is 1.05 bits per heavy atom. The van der Waals surface area contributed by atoms with E-state index in [0.29, 0.717) is 11.8 Å². The van der Waals surface area contributed by atoms with Gasteiger partial charge in [0.25, 0.3) is 0 Å². The van der Waals surface area contributed by atoms with Crippen molar-refractivity contribution in [2.45, 2.75) is 71.3 Å². The molecule has 3 nitrogen and oxygen atoms in total. The molecule has 0 bridgehead atoms. The lowest BCUT2D eigenvalue weighted by molar-refractivity contribution is -0.182. The van der Waals surface area contributed by atoms with Crippen LogP contribution >= 0.6 is 0 Å². The highest BCUT2D eigenvalue weighted by atomic mass is 16.4. The van der Waals surface area contributed by atoms with E-state index >= 15 is 0 Å². The summed E-state index contributed by atoms with van der Waals surface area (Å²) in [6.45, 7) is 4.23. The summed E-state index contributed by atoms with van der Waals surface area (Å²) >= 11 is 0. The van der Waals surface area contributed by atoms with Gasteiger partial charge in [-0.2, -0.15) is 0 Å². The SMILES string of the molecule is C[C@]12CCC[C@](C)(C(=O)O)C1CC[C@H]1CCCC(O)[C@@H]12. The van der Waals surface area contributed by atoms with Crippen LogP contribution in [0.25, 0.3) is 0 Å². The number of fused-ring (bicyclic) bond motifs is 3. The largest absolute Gasteiger partial charge is 0.481 e. The molecule has 2 unspecified atom stereocenters. The minimum Gasteiger partial charge on any atom is -0.481 e. The van der Waals surface area contributed by atoms with Crippen LogP contribution in [0.15, 0.2) is 0 Å². The zero-order valence-electron chi connectivity index (χ0n) is 12.8. The van der Waals surface area contributed by atoms with Gasteiger partial charge in [-0.25, -0.2) is 0 Å². The Bertz CT molecular complexity index is 407. The van der Waals surface area contributed by atoms with Crippen molar-refractivity contribution in [2.75, 3.05) is 0 Å². The molecule has 3 fully saturated rings. The third-order valence-corrected chi connectivity index (χ3v) is 7.05. The maximum absolute atomic E-state index is 11.9. The minimum atomic E-state index is -0.628. The van der Waals surface area contributed by atoms with Gasteiger partial charge in [0.15, 0.2) is 0 Å². The van der Waals surface area contributed by atoms with Gasteiger partial charge in [0.05, 0.1) is 11.5 Å². The summed E-state index contributed by atoms with van der Waals surface area (Å²) in [6.07, 6.45) is 8.11. The van der Waals surface area contributed by atoms with Gasteiger partial charge in [-0.1, -0.05) is 19.8 Å². The topological polar surface area (TPSA) is 57.5 Å². The predicted molar refractivity (Wildman–Crippen MR) is 77.3 cm³/mol. The van der Waals surface area contributed by atoms with Crippen LogP contribution in [0, 0.1) is 28.6 Å². The number of carbonyl (C=O) groups is 1. The summed E-state index contributed by atoms with van der Waals surface area (Å²) in [5, 5.41) is 20.3. The van der Waals surface area contributed by atoms with Crippen molar-refractivity contribution >= 4 is 5.97 Å². The third-order valence-electron chi connectivity index (χ3n) is 7.05. The molecule has 3 saturated carbocycles. The van der Waals surface area contributed by atoms with Crippen LogP contribution in [0.5, 0.6) is 0 Å². The van der Waals surface area contributed by atoms with E-state index in [1.165, 1.54) is 6.42 Å². The first-order chi connectivity index (χ1) is 9.39. The zero-order chi connectivity index (χ0) is 14.5. The lowest BCUT2D eigenvalue weighted by atomic mass is 9.44. The molecule has 3 aliphatic carbocycles. The van der Waals surface area contributed by atoms with E-state index in [1.807, 2.05) is 6.92 Å². The number of aliphatic hydroxyl groups excluding tert-OH is 1. The fourth-order valence-corrected chi connectivity index (χ4v) is 6.16. The highest BCUT2D eigenvalue weighted by Gasteiger charge is 2.60. The summed E-state index contributed by atoms with van der Waals surface area (Å²) in [5.41, 5.74) is -0.566. The van der Waals surface area contributed by atoms with Crippen LogP contribution in [0.3, 0.4) is 0 Å². The monoisotopic (exact) mass is 280 g/mol. The van der Waals surface area contributed by atoms with Gasteiger partial charge in [0.2, 0.25) is 0 Å². The average Bonchev–Trinajstić information content (AvgIpc) is 2.38. The molecule has 0 aromatic carbocycles. The first-order valence-electron chi connectivity index (χ1n) is 8.31. The quantitative estimate of drug-likeness (QED) is 0.773. The van der Waals surface area contributed by atoms with Crippen molar-refractivity contribution in [3.63, 3.8) is 0 Å². The Morgan fingerprint density at radius 3 is 2.50 bits per heavy atom. The Kier molecular flexibility index (Phi) is 3.39. The van der Waals surface area contributed by atoms with Crippen LogP contribution < -0.4 is 0 Å². The van der Waals surface area contributed by atoms with Crippen LogP contribution in [-0.4, -0.2) is 22.3 Å². The second-order valence-electron chi connectivity index (χ2n) is 8.00. The van der Waals surface area contributed by atoms with Gasteiger partial charge >= 0.3 is 5.97 Å². The van der Waals surface area contributed by atoms with Crippen LogP contribution in [0.1, 0.15) is 65.2 Å². The zero-order valence-corrected chi connectivity index (χ0v) is 12.8. The smallest absolute Gasteiger partial charge is 0.309 e. The van der Waals surface area contributed by atoms with Gasteiger partial charge in [-0.05, 0) is 68.6 Å². The third kappa shape index (κ3) is 1.85. The maximum Gasteiger partial charge on any atom is 0.309 e. The molecule has 0 aliphatic heterocycles. The molecule has 3 aliphatic rings. The van der Waals surface area contributed by atoms with Crippen LogP contribution in [0.4, 0.5) is 0 Å². The van der Waals surface area contributed by atoms with Crippen molar-refractivity contribution in [2.24, 2.45) is 28.6 Å². The summed E-state index contributed by atoms with van der Waals surface area (Å²) in [4.78, 5) is 11.9. The van der Waals surface area contributed by atoms with E-state index < -0.39 is 11.4 Å². The molecule has 3 rings (SSSR count). The molecular formula is C17H28O3. The first kappa shape index (κ1) is 14.4.